The summed E-state index contributed by atoms with van der Waals surface area (Å²) < 4.78 is 27.9. The van der Waals surface area contributed by atoms with Crippen molar-refractivity contribution in [1.29, 1.82) is 0 Å². The van der Waals surface area contributed by atoms with Gasteiger partial charge in [0.15, 0.2) is 0 Å². The van der Waals surface area contributed by atoms with Crippen molar-refractivity contribution < 1.29 is 12.8 Å². The summed E-state index contributed by atoms with van der Waals surface area (Å²) in [7, 11) is 2.73. The van der Waals surface area contributed by atoms with Crippen LogP contribution in [-0.2, 0) is 16.1 Å². The van der Waals surface area contributed by atoms with Gasteiger partial charge in [0.2, 0.25) is 5.71 Å². The molecule has 0 unspecified atom stereocenters. The molecular weight excluding hydrogens is 244 g/mol. The largest absolute Gasteiger partial charge is 0.421 e. The smallest absolute Gasteiger partial charge is 0.389 e. The fraction of sp³-hybridized carbons (Fsp3) is 0.143. The van der Waals surface area contributed by atoms with Crippen LogP contribution in [0.25, 0.3) is 11.2 Å². The highest BCUT2D eigenvalue weighted by Gasteiger charge is 2.14. The van der Waals surface area contributed by atoms with Gasteiger partial charge in [-0.2, -0.15) is 0 Å². The van der Waals surface area contributed by atoms with Crippen LogP contribution in [0.2, 0.25) is 0 Å². The Hall–Kier alpha value is -1.34. The topological polar surface area (TPSA) is 82.2 Å². The number of aromatic nitrogens is 2. The van der Waals surface area contributed by atoms with E-state index < -0.39 is 14.8 Å². The number of hydrogen-bond donors (Lipinski definition) is 0. The quantitative estimate of drug-likeness (QED) is 0.685. The Morgan fingerprint density at radius 1 is 1.53 bits per heavy atom. The second-order valence-electron chi connectivity index (χ2n) is 2.86. The van der Waals surface area contributed by atoms with Gasteiger partial charge in [0, 0.05) is 17.7 Å². The predicted molar refractivity (Wildman–Crippen MR) is 52.3 cm³/mol. The van der Waals surface area contributed by atoms with Gasteiger partial charge in [-0.05, 0) is 6.07 Å². The van der Waals surface area contributed by atoms with Crippen LogP contribution in [-0.4, -0.2) is 18.0 Å². The summed E-state index contributed by atoms with van der Waals surface area (Å²) in [6.07, 6.45) is 1.04. The van der Waals surface area contributed by atoms with Gasteiger partial charge >= 0.3 is 5.76 Å². The first-order valence-electron chi connectivity index (χ1n) is 3.80. The van der Waals surface area contributed by atoms with Crippen molar-refractivity contribution in [3.05, 3.63) is 22.8 Å². The molecular formula is C7H5ClN2O4S. The van der Waals surface area contributed by atoms with Gasteiger partial charge < -0.3 is 4.42 Å². The first-order chi connectivity index (χ1) is 6.89. The minimum Gasteiger partial charge on any atom is -0.389 e. The summed E-state index contributed by atoms with van der Waals surface area (Å²) >= 11 is 0. The molecule has 80 valence electrons. The van der Waals surface area contributed by atoms with Crippen molar-refractivity contribution >= 4 is 31.0 Å². The summed E-state index contributed by atoms with van der Waals surface area (Å²) in [6, 6.07) is 1.23. The zero-order chi connectivity index (χ0) is 11.2. The number of pyridine rings is 1. The Bertz CT molecular complexity index is 685. The predicted octanol–water partition coefficient (Wildman–Crippen LogP) is 0.454. The molecule has 0 bridgehead atoms. The highest BCUT2D eigenvalue weighted by atomic mass is 35.7. The minimum absolute atomic E-state index is 0.0755. The molecule has 0 N–H and O–H groups in total. The molecule has 2 rings (SSSR count). The Kier molecular flexibility index (Phi) is 2.09. The van der Waals surface area contributed by atoms with Crippen molar-refractivity contribution in [3.63, 3.8) is 0 Å². The number of fused-ring (bicyclic) bond motifs is 1. The van der Waals surface area contributed by atoms with Crippen LogP contribution < -0.4 is 5.76 Å². The summed E-state index contributed by atoms with van der Waals surface area (Å²) in [5.41, 5.74) is 0.355. The summed E-state index contributed by atoms with van der Waals surface area (Å²) in [5, 5.41) is 0. The van der Waals surface area contributed by atoms with Crippen LogP contribution in [0.15, 0.2) is 26.4 Å². The Morgan fingerprint density at radius 2 is 2.20 bits per heavy atom. The highest BCUT2D eigenvalue weighted by Crippen LogP contribution is 2.18. The number of hydrogen-bond acceptors (Lipinski definition) is 5. The van der Waals surface area contributed by atoms with E-state index in [-0.39, 0.29) is 16.1 Å². The lowest BCUT2D eigenvalue weighted by molar-refractivity contribution is 0.520. The van der Waals surface area contributed by atoms with E-state index in [1.807, 2.05) is 0 Å². The second kappa shape index (κ2) is 3.07. The molecule has 8 heteroatoms. The SMILES string of the molecule is Cn1c(=O)oc2ncc(S(=O)(=O)Cl)cc21. The lowest BCUT2D eigenvalue weighted by Gasteiger charge is -1.95. The summed E-state index contributed by atoms with van der Waals surface area (Å²) in [4.78, 5) is 14.6. The molecule has 2 heterocycles. The third kappa shape index (κ3) is 1.64. The van der Waals surface area contributed by atoms with Gasteiger partial charge in [0.1, 0.15) is 10.4 Å². The van der Waals surface area contributed by atoms with Gasteiger partial charge in [0.05, 0.1) is 6.20 Å². The molecule has 0 radical (unpaired) electrons. The normalized spacial score (nSPS) is 12.1. The lowest BCUT2D eigenvalue weighted by atomic mass is 10.4. The van der Waals surface area contributed by atoms with Crippen molar-refractivity contribution in [2.75, 3.05) is 0 Å². The van der Waals surface area contributed by atoms with Crippen molar-refractivity contribution in [2.24, 2.45) is 7.05 Å². The third-order valence-electron chi connectivity index (χ3n) is 1.91. The second-order valence-corrected chi connectivity index (χ2v) is 5.43. The number of aryl methyl sites for hydroxylation is 1. The van der Waals surface area contributed by atoms with E-state index in [0.717, 1.165) is 10.8 Å². The van der Waals surface area contributed by atoms with Crippen LogP contribution in [0, 0.1) is 0 Å². The Morgan fingerprint density at radius 3 is 2.80 bits per heavy atom. The zero-order valence-electron chi connectivity index (χ0n) is 7.47. The molecule has 0 saturated carbocycles. The number of oxazole rings is 1. The van der Waals surface area contributed by atoms with E-state index in [1.54, 1.807) is 0 Å². The van der Waals surface area contributed by atoms with E-state index in [9.17, 15) is 13.2 Å². The van der Waals surface area contributed by atoms with Crippen LogP contribution in [0.4, 0.5) is 0 Å². The van der Waals surface area contributed by atoms with Crippen LogP contribution in [0.3, 0.4) is 0 Å². The van der Waals surface area contributed by atoms with E-state index >= 15 is 0 Å². The molecule has 15 heavy (non-hydrogen) atoms. The number of halogens is 1. The van der Waals surface area contributed by atoms with Gasteiger partial charge in [-0.3, -0.25) is 4.57 Å². The van der Waals surface area contributed by atoms with E-state index in [1.165, 1.54) is 13.1 Å². The average molecular weight is 249 g/mol. The molecule has 0 saturated heterocycles. The molecule has 0 aliphatic heterocycles. The molecule has 0 aliphatic carbocycles. The molecule has 6 nitrogen and oxygen atoms in total. The lowest BCUT2D eigenvalue weighted by Crippen LogP contribution is -2.08. The van der Waals surface area contributed by atoms with Gasteiger partial charge in [-0.25, -0.2) is 18.2 Å². The first kappa shape index (κ1) is 10.2. The minimum atomic E-state index is -3.85. The zero-order valence-corrected chi connectivity index (χ0v) is 9.04. The molecule has 0 aromatic carbocycles. The monoisotopic (exact) mass is 248 g/mol. The van der Waals surface area contributed by atoms with Gasteiger partial charge in [-0.15, -0.1) is 0 Å². The maximum atomic E-state index is 11.1. The molecule has 2 aromatic heterocycles. The van der Waals surface area contributed by atoms with Crippen molar-refractivity contribution in [3.8, 4) is 0 Å². The molecule has 0 aliphatic rings. The summed E-state index contributed by atoms with van der Waals surface area (Å²) in [5.74, 6) is -0.610. The Balaban J connectivity index is 2.87. The van der Waals surface area contributed by atoms with E-state index in [4.69, 9.17) is 15.1 Å². The van der Waals surface area contributed by atoms with Gasteiger partial charge in [0.25, 0.3) is 9.05 Å². The molecule has 0 fully saturated rings. The third-order valence-corrected chi connectivity index (χ3v) is 3.23. The molecule has 0 atom stereocenters. The maximum Gasteiger partial charge on any atom is 0.421 e. The van der Waals surface area contributed by atoms with Crippen molar-refractivity contribution in [2.45, 2.75) is 4.90 Å². The molecule has 0 amide bonds. The van der Waals surface area contributed by atoms with Crippen LogP contribution >= 0.6 is 10.7 Å². The average Bonchev–Trinajstić information content (AvgIpc) is 2.41. The molecule has 2 aromatic rings. The standard InChI is InChI=1S/C7H5ClN2O4S/c1-10-5-2-4(15(8,12)13)3-9-6(5)14-7(10)11/h2-3H,1H3. The van der Waals surface area contributed by atoms with E-state index in [2.05, 4.69) is 4.98 Å². The maximum absolute atomic E-state index is 11.1. The fourth-order valence-electron chi connectivity index (χ4n) is 1.12. The number of rotatable bonds is 1. The molecule has 0 spiro atoms. The Labute approximate surface area is 88.5 Å². The fourth-order valence-corrected chi connectivity index (χ4v) is 1.81. The van der Waals surface area contributed by atoms with Crippen LogP contribution in [0.1, 0.15) is 0 Å². The van der Waals surface area contributed by atoms with Crippen molar-refractivity contribution in [1.82, 2.24) is 9.55 Å². The first-order valence-corrected chi connectivity index (χ1v) is 6.11. The van der Waals surface area contributed by atoms with Crippen LogP contribution in [0.5, 0.6) is 0 Å². The van der Waals surface area contributed by atoms with Gasteiger partial charge in [-0.1, -0.05) is 0 Å². The highest BCUT2D eigenvalue weighted by molar-refractivity contribution is 8.13. The summed E-state index contributed by atoms with van der Waals surface area (Å²) in [6.45, 7) is 0. The van der Waals surface area contributed by atoms with E-state index in [0.29, 0.717) is 0 Å². The number of nitrogens with zero attached hydrogens (tertiary/aromatic N) is 2.